The van der Waals surface area contributed by atoms with E-state index in [4.69, 9.17) is 11.6 Å². The molecule has 0 aliphatic carbocycles. The molecule has 0 radical (unpaired) electrons. The van der Waals surface area contributed by atoms with Crippen LogP contribution in [0, 0.1) is 17.7 Å². The number of likely N-dealkylation sites (tertiary alicyclic amines) is 1. The van der Waals surface area contributed by atoms with Gasteiger partial charge in [0.1, 0.15) is 5.82 Å². The van der Waals surface area contributed by atoms with Crippen molar-refractivity contribution < 1.29 is 9.50 Å². The molecule has 1 aromatic heterocycles. The van der Waals surface area contributed by atoms with E-state index in [1.807, 2.05) is 7.05 Å². The lowest BCUT2D eigenvalue weighted by Gasteiger charge is -2.30. The molecule has 2 aromatic rings. The molecule has 214 valence electrons. The number of hydrogen-bond donors (Lipinski definition) is 2. The fourth-order valence-electron chi connectivity index (χ4n) is 3.99. The third-order valence-corrected chi connectivity index (χ3v) is 7.00. The number of piperidine rings is 1. The van der Waals surface area contributed by atoms with Crippen molar-refractivity contribution in [1.29, 1.82) is 0 Å². The van der Waals surface area contributed by atoms with Crippen LogP contribution in [0.2, 0.25) is 5.02 Å². The Hall–Kier alpha value is -2.15. The van der Waals surface area contributed by atoms with Gasteiger partial charge in [-0.05, 0) is 81.5 Å². The van der Waals surface area contributed by atoms with Crippen LogP contribution < -0.4 is 10.2 Å². The maximum atomic E-state index is 13.6. The molecule has 38 heavy (non-hydrogen) atoms. The van der Waals surface area contributed by atoms with Gasteiger partial charge < -0.3 is 15.3 Å². The first kappa shape index (κ1) is 33.9. The lowest BCUT2D eigenvalue weighted by Crippen LogP contribution is -2.32. The number of pyridine rings is 1. The Morgan fingerprint density at radius 3 is 2.42 bits per heavy atom. The quantitative estimate of drug-likeness (QED) is 0.319. The molecular weight excluding hydrogens is 499 g/mol. The summed E-state index contributed by atoms with van der Waals surface area (Å²) < 4.78 is 13.6. The average molecular weight is 549 g/mol. The standard InChI is InChI=1S/C15H24N2O.C13H17ClFN.C3H9N/c1-5-8-17(11-12(4)6-2)15-14(18)9-13(7-3)10-16-15;1-10-4-6-16(7-5-10)9-11-2-3-12(14)8-13(11)15;1-3-4-2/h7,9-10,12,18H,3,5-6,8,11H2,1-2,4H3;2-3,8,10H,4-7,9H2,1H3;4H,3H2,1-2H3. The molecule has 0 amide bonds. The minimum atomic E-state index is -0.189. The van der Waals surface area contributed by atoms with Crippen LogP contribution in [0.3, 0.4) is 0 Å². The second kappa shape index (κ2) is 19.0. The van der Waals surface area contributed by atoms with Crippen LogP contribution >= 0.6 is 11.6 Å². The summed E-state index contributed by atoms with van der Waals surface area (Å²) >= 11 is 5.73. The first-order chi connectivity index (χ1) is 18.2. The molecule has 1 fully saturated rings. The molecular formula is C31H50ClFN4O. The lowest BCUT2D eigenvalue weighted by atomic mass is 9.99. The Labute approximate surface area is 236 Å². The van der Waals surface area contributed by atoms with Crippen LogP contribution in [-0.2, 0) is 6.54 Å². The van der Waals surface area contributed by atoms with Crippen LogP contribution in [0.5, 0.6) is 5.75 Å². The van der Waals surface area contributed by atoms with E-state index in [1.165, 1.54) is 18.9 Å². The molecule has 3 rings (SSSR count). The highest BCUT2D eigenvalue weighted by Gasteiger charge is 2.17. The molecule has 1 atom stereocenters. The second-order valence-corrected chi connectivity index (χ2v) is 10.6. The maximum Gasteiger partial charge on any atom is 0.171 e. The van der Waals surface area contributed by atoms with E-state index < -0.39 is 0 Å². The molecule has 1 unspecified atom stereocenters. The summed E-state index contributed by atoms with van der Waals surface area (Å²) in [5.74, 6) is 2.14. The Morgan fingerprint density at radius 1 is 1.26 bits per heavy atom. The van der Waals surface area contributed by atoms with E-state index in [-0.39, 0.29) is 11.6 Å². The van der Waals surface area contributed by atoms with Crippen molar-refractivity contribution in [2.75, 3.05) is 44.7 Å². The molecule has 7 heteroatoms. The van der Waals surface area contributed by atoms with Crippen molar-refractivity contribution >= 4 is 23.5 Å². The van der Waals surface area contributed by atoms with Crippen LogP contribution in [-0.4, -0.2) is 54.8 Å². The fraction of sp³-hybridized carbons (Fsp3) is 0.581. The number of rotatable bonds is 10. The number of anilines is 1. The Morgan fingerprint density at radius 2 is 1.92 bits per heavy atom. The number of halogens is 2. The number of hydrogen-bond acceptors (Lipinski definition) is 5. The van der Waals surface area contributed by atoms with Gasteiger partial charge in [-0.2, -0.15) is 0 Å². The van der Waals surface area contributed by atoms with E-state index in [0.29, 0.717) is 23.3 Å². The highest BCUT2D eigenvalue weighted by Crippen LogP contribution is 2.27. The van der Waals surface area contributed by atoms with Gasteiger partial charge >= 0.3 is 0 Å². The van der Waals surface area contributed by atoms with Crippen LogP contribution in [0.15, 0.2) is 37.0 Å². The van der Waals surface area contributed by atoms with Gasteiger partial charge in [-0.1, -0.05) is 71.4 Å². The fourth-order valence-corrected chi connectivity index (χ4v) is 4.15. The third kappa shape index (κ3) is 12.6. The van der Waals surface area contributed by atoms with Crippen molar-refractivity contribution in [3.8, 4) is 5.75 Å². The second-order valence-electron chi connectivity index (χ2n) is 10.2. The summed E-state index contributed by atoms with van der Waals surface area (Å²) in [7, 11) is 1.93. The van der Waals surface area contributed by atoms with Gasteiger partial charge in [-0.25, -0.2) is 9.37 Å². The van der Waals surface area contributed by atoms with E-state index in [1.54, 1.807) is 30.5 Å². The van der Waals surface area contributed by atoms with Crippen LogP contribution in [0.4, 0.5) is 10.2 Å². The molecule has 1 saturated heterocycles. The van der Waals surface area contributed by atoms with Gasteiger partial charge in [0.05, 0.1) is 0 Å². The minimum absolute atomic E-state index is 0.189. The summed E-state index contributed by atoms with van der Waals surface area (Å²) in [6.45, 7) is 20.3. The number of aromatic hydroxyl groups is 1. The van der Waals surface area contributed by atoms with Gasteiger partial charge in [0, 0.05) is 36.4 Å². The summed E-state index contributed by atoms with van der Waals surface area (Å²) in [5.41, 5.74) is 1.59. The normalized spacial score (nSPS) is 14.5. The Kier molecular flexibility index (Phi) is 16.9. The molecule has 1 aliphatic rings. The van der Waals surface area contributed by atoms with Crippen molar-refractivity contribution in [2.24, 2.45) is 11.8 Å². The Bertz CT molecular complexity index is 932. The van der Waals surface area contributed by atoms with Gasteiger partial charge in [0.25, 0.3) is 0 Å². The van der Waals surface area contributed by atoms with Gasteiger partial charge in [0.2, 0.25) is 0 Å². The van der Waals surface area contributed by atoms with Gasteiger partial charge in [0.15, 0.2) is 11.6 Å². The summed E-state index contributed by atoms with van der Waals surface area (Å²) in [6, 6.07) is 6.65. The Balaban J connectivity index is 0.000000335. The van der Waals surface area contributed by atoms with Crippen molar-refractivity contribution in [2.45, 2.75) is 66.8 Å². The largest absolute Gasteiger partial charge is 0.504 e. The summed E-state index contributed by atoms with van der Waals surface area (Å²) in [6.07, 6.45) is 8.05. The molecule has 0 bridgehead atoms. The monoisotopic (exact) mass is 548 g/mol. The molecule has 5 nitrogen and oxygen atoms in total. The highest BCUT2D eigenvalue weighted by atomic mass is 35.5. The predicted molar refractivity (Wildman–Crippen MR) is 163 cm³/mol. The maximum absolute atomic E-state index is 13.6. The topological polar surface area (TPSA) is 51.6 Å². The predicted octanol–water partition coefficient (Wildman–Crippen LogP) is 7.63. The number of benzene rings is 1. The first-order valence-electron chi connectivity index (χ1n) is 14.1. The average Bonchev–Trinajstić information content (AvgIpc) is 2.91. The zero-order valence-electron chi connectivity index (χ0n) is 24.4. The first-order valence-corrected chi connectivity index (χ1v) is 14.4. The van der Waals surface area contributed by atoms with E-state index in [9.17, 15) is 9.50 Å². The van der Waals surface area contributed by atoms with Crippen LogP contribution in [0.25, 0.3) is 6.08 Å². The number of aromatic nitrogens is 1. The molecule has 0 spiro atoms. The van der Waals surface area contributed by atoms with Crippen molar-refractivity contribution in [1.82, 2.24) is 15.2 Å². The van der Waals surface area contributed by atoms with E-state index in [2.05, 4.69) is 61.3 Å². The molecule has 1 aliphatic heterocycles. The molecule has 2 N–H and O–H groups in total. The molecule has 0 saturated carbocycles. The van der Waals surface area contributed by atoms with Crippen molar-refractivity contribution in [3.05, 3.63) is 59.0 Å². The number of nitrogens with one attached hydrogen (secondary N) is 1. The summed E-state index contributed by atoms with van der Waals surface area (Å²) in [4.78, 5) is 8.83. The van der Waals surface area contributed by atoms with E-state index in [0.717, 1.165) is 62.6 Å². The van der Waals surface area contributed by atoms with Crippen molar-refractivity contribution in [3.63, 3.8) is 0 Å². The highest BCUT2D eigenvalue weighted by molar-refractivity contribution is 6.30. The minimum Gasteiger partial charge on any atom is -0.504 e. The molecule has 1 aromatic carbocycles. The molecule has 2 heterocycles. The van der Waals surface area contributed by atoms with Crippen LogP contribution in [0.1, 0.15) is 71.4 Å². The lowest BCUT2D eigenvalue weighted by molar-refractivity contribution is 0.183. The SMILES string of the molecule is C=Cc1cnc(N(CCC)CC(C)CC)c(O)c1.CC1CCN(Cc2ccc(Cl)cc2F)CC1.CCNC. The number of nitrogens with zero attached hydrogens (tertiary/aromatic N) is 3. The summed E-state index contributed by atoms with van der Waals surface area (Å²) in [5, 5.41) is 13.4. The third-order valence-electron chi connectivity index (χ3n) is 6.77. The smallest absolute Gasteiger partial charge is 0.171 e. The zero-order valence-corrected chi connectivity index (χ0v) is 25.2. The van der Waals surface area contributed by atoms with Gasteiger partial charge in [-0.15, -0.1) is 0 Å². The zero-order chi connectivity index (χ0) is 28.5. The van der Waals surface area contributed by atoms with Gasteiger partial charge in [-0.3, -0.25) is 4.90 Å². The van der Waals surface area contributed by atoms with E-state index >= 15 is 0 Å².